The topological polar surface area (TPSA) is 18.5 Å². The minimum atomic E-state index is 0.670. The van der Waals surface area contributed by atoms with Crippen molar-refractivity contribution in [1.29, 1.82) is 0 Å². The van der Waals surface area contributed by atoms with Crippen molar-refractivity contribution >= 4 is 0 Å². The molecular weight excluding hydrogens is 140 g/mol. The lowest BCUT2D eigenvalue weighted by Gasteiger charge is -2.21. The van der Waals surface area contributed by atoms with Crippen LogP contribution in [0.1, 0.15) is 19.8 Å². The van der Waals surface area contributed by atoms with E-state index >= 15 is 0 Å². The Balaban J connectivity index is 2.26. The van der Waals surface area contributed by atoms with E-state index in [2.05, 4.69) is 6.92 Å². The summed E-state index contributed by atoms with van der Waals surface area (Å²) in [5.74, 6) is 1.82. The van der Waals surface area contributed by atoms with Gasteiger partial charge in [0, 0.05) is 13.5 Å². The van der Waals surface area contributed by atoms with Gasteiger partial charge in [0.2, 0.25) is 0 Å². The molecule has 0 aliphatic carbocycles. The molecule has 1 aliphatic rings. The molecule has 0 spiro atoms. The van der Waals surface area contributed by atoms with Crippen LogP contribution in [0.4, 0.5) is 0 Å². The minimum Gasteiger partial charge on any atom is -0.498 e. The Morgan fingerprint density at radius 3 is 3.09 bits per heavy atom. The Morgan fingerprint density at radius 2 is 2.55 bits per heavy atom. The van der Waals surface area contributed by atoms with Crippen molar-refractivity contribution in [2.24, 2.45) is 5.92 Å². The Bertz CT molecular complexity index is 130. The van der Waals surface area contributed by atoms with E-state index in [1.54, 1.807) is 7.11 Å². The zero-order valence-electron chi connectivity index (χ0n) is 7.30. The molecule has 0 aromatic carbocycles. The third kappa shape index (κ3) is 2.93. The van der Waals surface area contributed by atoms with Crippen LogP contribution in [0, 0.1) is 5.92 Å². The summed E-state index contributed by atoms with van der Waals surface area (Å²) in [6, 6.07) is 0. The molecule has 1 fully saturated rings. The fraction of sp³-hybridized carbons (Fsp3) is 0.778. The fourth-order valence-corrected chi connectivity index (χ4v) is 1.13. The Kier molecular flexibility index (Phi) is 3.43. The predicted octanol–water partition coefficient (Wildman–Crippen LogP) is 1.96. The lowest BCUT2D eigenvalue weighted by molar-refractivity contribution is 0.119. The smallest absolute Gasteiger partial charge is 0.0943 e. The standard InChI is InChI=1S/C9H16O2/c1-8-3-4-9(11-7-8)5-6-10-2/h5,8H,3-4,6-7H2,1-2H3/b9-5+. The Hall–Kier alpha value is -0.500. The molecule has 0 saturated carbocycles. The van der Waals surface area contributed by atoms with E-state index in [1.807, 2.05) is 6.08 Å². The average Bonchev–Trinajstić information content (AvgIpc) is 2.04. The molecule has 0 radical (unpaired) electrons. The molecule has 0 bridgehead atoms. The second kappa shape index (κ2) is 4.39. The first kappa shape index (κ1) is 8.60. The monoisotopic (exact) mass is 156 g/mol. The van der Waals surface area contributed by atoms with E-state index in [4.69, 9.17) is 9.47 Å². The normalized spacial score (nSPS) is 28.5. The maximum Gasteiger partial charge on any atom is 0.0943 e. The van der Waals surface area contributed by atoms with Crippen LogP contribution < -0.4 is 0 Å². The van der Waals surface area contributed by atoms with Gasteiger partial charge in [0.25, 0.3) is 0 Å². The van der Waals surface area contributed by atoms with Gasteiger partial charge < -0.3 is 9.47 Å². The summed E-state index contributed by atoms with van der Waals surface area (Å²) in [4.78, 5) is 0. The van der Waals surface area contributed by atoms with Crippen molar-refractivity contribution in [3.63, 3.8) is 0 Å². The van der Waals surface area contributed by atoms with Crippen molar-refractivity contribution in [2.45, 2.75) is 19.8 Å². The summed E-state index contributed by atoms with van der Waals surface area (Å²) in [5.41, 5.74) is 0. The molecule has 1 unspecified atom stereocenters. The van der Waals surface area contributed by atoms with Crippen LogP contribution in [0.3, 0.4) is 0 Å². The maximum atomic E-state index is 5.47. The van der Waals surface area contributed by atoms with Gasteiger partial charge in [-0.25, -0.2) is 0 Å². The summed E-state index contributed by atoms with van der Waals surface area (Å²) in [6.45, 7) is 3.76. The summed E-state index contributed by atoms with van der Waals surface area (Å²) < 4.78 is 10.4. The number of ether oxygens (including phenoxy) is 2. The lowest BCUT2D eigenvalue weighted by atomic mass is 10.0. The number of methoxy groups -OCH3 is 1. The highest BCUT2D eigenvalue weighted by molar-refractivity contribution is 4.95. The van der Waals surface area contributed by atoms with Crippen LogP contribution in [0.15, 0.2) is 11.8 Å². The third-order valence-electron chi connectivity index (χ3n) is 1.91. The van der Waals surface area contributed by atoms with E-state index < -0.39 is 0 Å². The number of rotatable bonds is 2. The molecule has 0 aromatic heterocycles. The molecule has 1 heterocycles. The molecule has 1 aliphatic heterocycles. The van der Waals surface area contributed by atoms with Crippen LogP contribution >= 0.6 is 0 Å². The SMILES string of the molecule is COC/C=C1\CCC(C)CO1. The highest BCUT2D eigenvalue weighted by Crippen LogP contribution is 2.20. The molecule has 2 heteroatoms. The van der Waals surface area contributed by atoms with Gasteiger partial charge >= 0.3 is 0 Å². The second-order valence-electron chi connectivity index (χ2n) is 3.08. The molecule has 2 nitrogen and oxygen atoms in total. The van der Waals surface area contributed by atoms with Crippen molar-refractivity contribution in [2.75, 3.05) is 20.3 Å². The van der Waals surface area contributed by atoms with E-state index in [1.165, 1.54) is 6.42 Å². The van der Waals surface area contributed by atoms with Crippen molar-refractivity contribution in [3.8, 4) is 0 Å². The number of hydrogen-bond donors (Lipinski definition) is 0. The molecular formula is C9H16O2. The number of hydrogen-bond acceptors (Lipinski definition) is 2. The van der Waals surface area contributed by atoms with Crippen molar-refractivity contribution in [1.82, 2.24) is 0 Å². The third-order valence-corrected chi connectivity index (χ3v) is 1.91. The summed E-state index contributed by atoms with van der Waals surface area (Å²) >= 11 is 0. The Labute approximate surface area is 68.2 Å². The molecule has 0 amide bonds. The molecule has 64 valence electrons. The first-order chi connectivity index (χ1) is 5.33. The van der Waals surface area contributed by atoms with E-state index in [0.717, 1.165) is 24.7 Å². The highest BCUT2D eigenvalue weighted by Gasteiger charge is 2.12. The average molecular weight is 156 g/mol. The molecule has 0 N–H and O–H groups in total. The fourth-order valence-electron chi connectivity index (χ4n) is 1.13. The second-order valence-corrected chi connectivity index (χ2v) is 3.08. The van der Waals surface area contributed by atoms with Crippen LogP contribution in [-0.2, 0) is 9.47 Å². The summed E-state index contributed by atoms with van der Waals surface area (Å²) in [7, 11) is 1.70. The quantitative estimate of drug-likeness (QED) is 0.608. The first-order valence-corrected chi connectivity index (χ1v) is 4.13. The van der Waals surface area contributed by atoms with Gasteiger partial charge in [0.15, 0.2) is 0 Å². The minimum absolute atomic E-state index is 0.670. The van der Waals surface area contributed by atoms with E-state index in [0.29, 0.717) is 6.61 Å². The zero-order chi connectivity index (χ0) is 8.10. The summed E-state index contributed by atoms with van der Waals surface area (Å²) in [5, 5.41) is 0. The Morgan fingerprint density at radius 1 is 1.73 bits per heavy atom. The van der Waals surface area contributed by atoms with Crippen LogP contribution in [-0.4, -0.2) is 20.3 Å². The van der Waals surface area contributed by atoms with Crippen LogP contribution in [0.2, 0.25) is 0 Å². The lowest BCUT2D eigenvalue weighted by Crippen LogP contribution is -2.13. The van der Waals surface area contributed by atoms with Crippen LogP contribution in [0.25, 0.3) is 0 Å². The van der Waals surface area contributed by atoms with Gasteiger partial charge in [-0.15, -0.1) is 0 Å². The largest absolute Gasteiger partial charge is 0.498 e. The van der Waals surface area contributed by atoms with Gasteiger partial charge in [-0.05, 0) is 18.4 Å². The van der Waals surface area contributed by atoms with Crippen LogP contribution in [0.5, 0.6) is 0 Å². The molecule has 11 heavy (non-hydrogen) atoms. The molecule has 1 rings (SSSR count). The van der Waals surface area contributed by atoms with Gasteiger partial charge in [0.05, 0.1) is 19.0 Å². The van der Waals surface area contributed by atoms with Crippen molar-refractivity contribution < 1.29 is 9.47 Å². The zero-order valence-corrected chi connectivity index (χ0v) is 7.30. The van der Waals surface area contributed by atoms with Gasteiger partial charge in [-0.3, -0.25) is 0 Å². The molecule has 0 aromatic rings. The number of allylic oxidation sites excluding steroid dienone is 1. The van der Waals surface area contributed by atoms with Gasteiger partial charge in [-0.1, -0.05) is 6.92 Å². The first-order valence-electron chi connectivity index (χ1n) is 4.13. The van der Waals surface area contributed by atoms with E-state index in [-0.39, 0.29) is 0 Å². The van der Waals surface area contributed by atoms with Gasteiger partial charge in [-0.2, -0.15) is 0 Å². The summed E-state index contributed by atoms with van der Waals surface area (Å²) in [6.07, 6.45) is 4.34. The maximum absolute atomic E-state index is 5.47. The highest BCUT2D eigenvalue weighted by atomic mass is 16.5. The molecule has 1 saturated heterocycles. The van der Waals surface area contributed by atoms with Gasteiger partial charge in [0.1, 0.15) is 0 Å². The predicted molar refractivity (Wildman–Crippen MR) is 44.3 cm³/mol. The van der Waals surface area contributed by atoms with E-state index in [9.17, 15) is 0 Å². The van der Waals surface area contributed by atoms with Crippen molar-refractivity contribution in [3.05, 3.63) is 11.8 Å². The molecule has 1 atom stereocenters.